The fourth-order valence-corrected chi connectivity index (χ4v) is 5.48. The molecular weight excluding hydrogens is 292 g/mol. The first-order valence-electron chi connectivity index (χ1n) is 8.47. The molecule has 0 unspecified atom stereocenters. The third-order valence-corrected chi connectivity index (χ3v) is 5.97. The number of aromatic carboxylic acids is 1. The third-order valence-electron chi connectivity index (χ3n) is 5.97. The van der Waals surface area contributed by atoms with Gasteiger partial charge in [-0.25, -0.2) is 9.78 Å². The number of pyridine rings is 1. The second-order valence-corrected chi connectivity index (χ2v) is 7.79. The zero-order chi connectivity index (χ0) is 16.2. The summed E-state index contributed by atoms with van der Waals surface area (Å²) in [5.41, 5.74) is 0.808. The van der Waals surface area contributed by atoms with Gasteiger partial charge in [0.25, 0.3) is 5.91 Å². The number of carboxylic acid groups (broad SMARTS) is 1. The zero-order valence-corrected chi connectivity index (χ0v) is 13.3. The van der Waals surface area contributed by atoms with E-state index in [1.165, 1.54) is 31.4 Å². The molecule has 4 aliphatic carbocycles. The molecule has 5 nitrogen and oxygen atoms in total. The predicted molar refractivity (Wildman–Crippen MR) is 84.3 cm³/mol. The Bertz CT molecular complexity index is 648. The van der Waals surface area contributed by atoms with E-state index >= 15 is 0 Å². The van der Waals surface area contributed by atoms with Gasteiger partial charge < -0.3 is 10.4 Å². The SMILES string of the molecule is Cc1nc(C(=O)NC23CC4CC(CC(C4)C2)C3)ccc1C(=O)O. The lowest BCUT2D eigenvalue weighted by Gasteiger charge is -2.56. The van der Waals surface area contributed by atoms with Gasteiger partial charge in [-0.2, -0.15) is 0 Å². The molecule has 122 valence electrons. The van der Waals surface area contributed by atoms with Crippen LogP contribution in [-0.2, 0) is 0 Å². The van der Waals surface area contributed by atoms with Crippen molar-refractivity contribution in [3.63, 3.8) is 0 Å². The Morgan fingerprint density at radius 1 is 1.13 bits per heavy atom. The van der Waals surface area contributed by atoms with Crippen molar-refractivity contribution in [2.75, 3.05) is 0 Å². The highest BCUT2D eigenvalue weighted by Gasteiger charge is 2.51. The summed E-state index contributed by atoms with van der Waals surface area (Å²) in [6.45, 7) is 1.63. The average Bonchev–Trinajstić information content (AvgIpc) is 2.44. The molecule has 0 aliphatic heterocycles. The minimum atomic E-state index is -1.01. The molecule has 5 heteroatoms. The zero-order valence-electron chi connectivity index (χ0n) is 13.3. The Hall–Kier alpha value is -1.91. The highest BCUT2D eigenvalue weighted by molar-refractivity contribution is 5.94. The van der Waals surface area contributed by atoms with Crippen LogP contribution >= 0.6 is 0 Å². The lowest BCUT2D eigenvalue weighted by atomic mass is 9.53. The summed E-state index contributed by atoms with van der Waals surface area (Å²) in [5, 5.41) is 12.3. The largest absolute Gasteiger partial charge is 0.478 e. The fourth-order valence-electron chi connectivity index (χ4n) is 5.48. The van der Waals surface area contributed by atoms with Gasteiger partial charge in [-0.05, 0) is 75.3 Å². The van der Waals surface area contributed by atoms with Crippen LogP contribution in [-0.4, -0.2) is 27.5 Å². The van der Waals surface area contributed by atoms with Crippen LogP contribution in [0, 0.1) is 24.7 Å². The molecule has 0 radical (unpaired) electrons. The van der Waals surface area contributed by atoms with Crippen LogP contribution in [0.5, 0.6) is 0 Å². The second kappa shape index (κ2) is 5.05. The van der Waals surface area contributed by atoms with E-state index in [4.69, 9.17) is 5.11 Å². The minimum absolute atomic E-state index is 0.0487. The van der Waals surface area contributed by atoms with E-state index in [2.05, 4.69) is 10.3 Å². The first kappa shape index (κ1) is 14.7. The molecule has 0 aromatic carbocycles. The first-order chi connectivity index (χ1) is 10.9. The maximum absolute atomic E-state index is 12.6. The van der Waals surface area contributed by atoms with Gasteiger partial charge in [0.05, 0.1) is 11.3 Å². The van der Waals surface area contributed by atoms with Crippen LogP contribution < -0.4 is 5.32 Å². The Morgan fingerprint density at radius 3 is 2.17 bits per heavy atom. The van der Waals surface area contributed by atoms with Crippen molar-refractivity contribution in [2.45, 2.75) is 51.0 Å². The van der Waals surface area contributed by atoms with Crippen molar-refractivity contribution in [3.05, 3.63) is 29.1 Å². The standard InChI is InChI=1S/C18H22N2O3/c1-10-14(17(22)23)2-3-15(19-10)16(21)20-18-7-11-4-12(8-18)6-13(5-11)9-18/h2-3,11-13H,4-9H2,1H3,(H,20,21)(H,22,23). The molecule has 1 aromatic rings. The number of aryl methyl sites for hydroxylation is 1. The van der Waals surface area contributed by atoms with Crippen LogP contribution in [0.2, 0.25) is 0 Å². The maximum Gasteiger partial charge on any atom is 0.337 e. The Balaban J connectivity index is 1.54. The highest BCUT2D eigenvalue weighted by Crippen LogP contribution is 2.55. The van der Waals surface area contributed by atoms with E-state index in [1.54, 1.807) is 6.92 Å². The number of amides is 1. The molecule has 4 saturated carbocycles. The molecule has 4 fully saturated rings. The number of aromatic nitrogens is 1. The summed E-state index contributed by atoms with van der Waals surface area (Å²) in [6, 6.07) is 2.99. The average molecular weight is 314 g/mol. The number of nitrogens with zero attached hydrogens (tertiary/aromatic N) is 1. The monoisotopic (exact) mass is 314 g/mol. The van der Waals surface area contributed by atoms with Crippen molar-refractivity contribution in [2.24, 2.45) is 17.8 Å². The molecule has 0 atom stereocenters. The van der Waals surface area contributed by atoms with Gasteiger partial charge in [-0.15, -0.1) is 0 Å². The molecule has 0 spiro atoms. The molecule has 23 heavy (non-hydrogen) atoms. The van der Waals surface area contributed by atoms with Gasteiger partial charge in [0.1, 0.15) is 5.69 Å². The third kappa shape index (κ3) is 2.52. The van der Waals surface area contributed by atoms with Crippen LogP contribution in [0.25, 0.3) is 0 Å². The second-order valence-electron chi connectivity index (χ2n) is 7.79. The molecule has 1 amide bonds. The molecule has 5 rings (SSSR count). The number of carbonyl (C=O) groups excluding carboxylic acids is 1. The summed E-state index contributed by atoms with van der Waals surface area (Å²) >= 11 is 0. The summed E-state index contributed by atoms with van der Waals surface area (Å²) in [4.78, 5) is 27.9. The highest BCUT2D eigenvalue weighted by atomic mass is 16.4. The number of carbonyl (C=O) groups is 2. The van der Waals surface area contributed by atoms with E-state index in [1.807, 2.05) is 0 Å². The fraction of sp³-hybridized carbons (Fsp3) is 0.611. The number of hydrogen-bond donors (Lipinski definition) is 2. The topological polar surface area (TPSA) is 79.3 Å². The smallest absolute Gasteiger partial charge is 0.337 e. The number of rotatable bonds is 3. The molecular formula is C18H22N2O3. The Kier molecular flexibility index (Phi) is 3.22. The quantitative estimate of drug-likeness (QED) is 0.899. The molecule has 1 aromatic heterocycles. The van der Waals surface area contributed by atoms with Crippen molar-refractivity contribution in [1.29, 1.82) is 0 Å². The van der Waals surface area contributed by atoms with Crippen LogP contribution in [0.1, 0.15) is 65.1 Å². The Morgan fingerprint density at radius 2 is 1.70 bits per heavy atom. The molecule has 2 N–H and O–H groups in total. The van der Waals surface area contributed by atoms with E-state index in [0.717, 1.165) is 37.0 Å². The summed E-state index contributed by atoms with van der Waals surface area (Å²) in [6.07, 6.45) is 7.28. The maximum atomic E-state index is 12.6. The predicted octanol–water partition coefficient (Wildman–Crippen LogP) is 2.79. The number of hydrogen-bond acceptors (Lipinski definition) is 3. The van der Waals surface area contributed by atoms with Crippen LogP contribution in [0.3, 0.4) is 0 Å². The van der Waals surface area contributed by atoms with Gasteiger partial charge in [0.2, 0.25) is 0 Å². The number of nitrogens with one attached hydrogen (secondary N) is 1. The normalized spacial score (nSPS) is 34.4. The van der Waals surface area contributed by atoms with E-state index in [9.17, 15) is 9.59 Å². The van der Waals surface area contributed by atoms with Crippen molar-refractivity contribution >= 4 is 11.9 Å². The number of carboxylic acids is 1. The lowest BCUT2D eigenvalue weighted by Crippen LogP contribution is -2.59. The van der Waals surface area contributed by atoms with Gasteiger partial charge >= 0.3 is 5.97 Å². The molecule has 4 aliphatic rings. The van der Waals surface area contributed by atoms with Gasteiger partial charge in [-0.1, -0.05) is 0 Å². The van der Waals surface area contributed by atoms with Gasteiger partial charge in [0, 0.05) is 5.54 Å². The summed E-state index contributed by atoms with van der Waals surface area (Å²) < 4.78 is 0. The summed E-state index contributed by atoms with van der Waals surface area (Å²) in [7, 11) is 0. The van der Waals surface area contributed by atoms with Crippen LogP contribution in [0.4, 0.5) is 0 Å². The van der Waals surface area contributed by atoms with Crippen molar-refractivity contribution in [3.8, 4) is 0 Å². The van der Waals surface area contributed by atoms with Crippen molar-refractivity contribution < 1.29 is 14.7 Å². The van der Waals surface area contributed by atoms with E-state index < -0.39 is 5.97 Å². The molecule has 4 bridgehead atoms. The van der Waals surface area contributed by atoms with Crippen molar-refractivity contribution in [1.82, 2.24) is 10.3 Å². The first-order valence-corrected chi connectivity index (χ1v) is 8.47. The van der Waals surface area contributed by atoms with Gasteiger partial charge in [0.15, 0.2) is 0 Å². The Labute approximate surface area is 135 Å². The van der Waals surface area contributed by atoms with Crippen LogP contribution in [0.15, 0.2) is 12.1 Å². The van der Waals surface area contributed by atoms with E-state index in [0.29, 0.717) is 11.4 Å². The molecule has 1 heterocycles. The molecule has 0 saturated heterocycles. The minimum Gasteiger partial charge on any atom is -0.478 e. The lowest BCUT2D eigenvalue weighted by molar-refractivity contribution is -0.0168. The summed E-state index contributed by atoms with van der Waals surface area (Å²) in [5.74, 6) is 1.14. The van der Waals surface area contributed by atoms with E-state index in [-0.39, 0.29) is 17.0 Å². The van der Waals surface area contributed by atoms with Gasteiger partial charge in [-0.3, -0.25) is 4.79 Å².